The highest BCUT2D eigenvalue weighted by Crippen LogP contribution is 2.39. The van der Waals surface area contributed by atoms with E-state index in [0.717, 1.165) is 5.56 Å². The lowest BCUT2D eigenvalue weighted by Crippen LogP contribution is -2.32. The van der Waals surface area contributed by atoms with Crippen LogP contribution < -0.4 is 4.74 Å². The summed E-state index contributed by atoms with van der Waals surface area (Å²) in [5.74, 6) is -0.889. The van der Waals surface area contributed by atoms with E-state index in [1.807, 2.05) is 20.8 Å². The van der Waals surface area contributed by atoms with Crippen LogP contribution in [-0.4, -0.2) is 53.0 Å². The molecule has 0 unspecified atom stereocenters. The van der Waals surface area contributed by atoms with Crippen LogP contribution in [0.2, 0.25) is 0 Å². The molecule has 0 aliphatic carbocycles. The van der Waals surface area contributed by atoms with Gasteiger partial charge >= 0.3 is 0 Å². The maximum Gasteiger partial charge on any atom is 0.295 e. The Hall–Kier alpha value is -3.19. The average Bonchev–Trinajstić information content (AvgIpc) is 2.98. The number of carbonyl (C=O) groups excluding carboxylic acids is 2. The standard InChI is InChI=1S/C23H26N2O5/c1-14(2)30-18-6-5-17(13-15(18)3)21(26)19-20(16-7-9-24-10-8-16)25(11-12-29-4)23(28)22(19)27/h5-10,13-14,20,26H,11-12H2,1-4H3/b21-19+/t20-/m0/s1. The number of pyridine rings is 1. The number of hydrogen-bond donors (Lipinski definition) is 1. The van der Waals surface area contributed by atoms with Crippen LogP contribution in [0.1, 0.15) is 36.6 Å². The first-order valence-electron chi connectivity index (χ1n) is 9.80. The summed E-state index contributed by atoms with van der Waals surface area (Å²) < 4.78 is 10.8. The smallest absolute Gasteiger partial charge is 0.295 e. The van der Waals surface area contributed by atoms with Crippen molar-refractivity contribution in [1.29, 1.82) is 0 Å². The molecule has 1 fully saturated rings. The Morgan fingerprint density at radius 2 is 1.90 bits per heavy atom. The molecule has 1 atom stereocenters. The quantitative estimate of drug-likeness (QED) is 0.428. The largest absolute Gasteiger partial charge is 0.507 e. The van der Waals surface area contributed by atoms with Crippen LogP contribution in [0.15, 0.2) is 48.3 Å². The second-order valence-corrected chi connectivity index (χ2v) is 7.41. The summed E-state index contributed by atoms with van der Waals surface area (Å²) in [6.45, 7) is 6.24. The first-order valence-corrected chi connectivity index (χ1v) is 9.80. The SMILES string of the molecule is COCCN1C(=O)C(=O)/C(=C(/O)c2ccc(OC(C)C)c(C)c2)[C@@H]1c1ccncc1. The number of aliphatic hydroxyl groups is 1. The third-order valence-corrected chi connectivity index (χ3v) is 4.91. The number of nitrogens with zero attached hydrogens (tertiary/aromatic N) is 2. The Morgan fingerprint density at radius 1 is 1.20 bits per heavy atom. The second kappa shape index (κ2) is 9.09. The van der Waals surface area contributed by atoms with Gasteiger partial charge in [0, 0.05) is 31.6 Å². The number of methoxy groups -OCH3 is 1. The number of rotatable bonds is 7. The van der Waals surface area contributed by atoms with Gasteiger partial charge in [0.15, 0.2) is 0 Å². The number of carbonyl (C=O) groups is 2. The molecular weight excluding hydrogens is 384 g/mol. The number of ketones is 1. The third kappa shape index (κ3) is 4.21. The first-order chi connectivity index (χ1) is 14.3. The molecule has 158 valence electrons. The lowest BCUT2D eigenvalue weighted by Gasteiger charge is -2.25. The van der Waals surface area contributed by atoms with Crippen molar-refractivity contribution < 1.29 is 24.2 Å². The van der Waals surface area contributed by atoms with Gasteiger partial charge in [-0.25, -0.2) is 0 Å². The summed E-state index contributed by atoms with van der Waals surface area (Å²) >= 11 is 0. The zero-order chi connectivity index (χ0) is 21.8. The van der Waals surface area contributed by atoms with Gasteiger partial charge in [0.05, 0.1) is 24.3 Å². The van der Waals surface area contributed by atoms with Gasteiger partial charge in [0.1, 0.15) is 11.5 Å². The molecule has 1 N–H and O–H groups in total. The molecule has 0 bridgehead atoms. The predicted molar refractivity (Wildman–Crippen MR) is 112 cm³/mol. The summed E-state index contributed by atoms with van der Waals surface area (Å²) in [7, 11) is 1.53. The van der Waals surface area contributed by atoms with Gasteiger partial charge in [-0.1, -0.05) is 0 Å². The van der Waals surface area contributed by atoms with Crippen LogP contribution in [0.5, 0.6) is 5.75 Å². The number of amides is 1. The van der Waals surface area contributed by atoms with Gasteiger partial charge < -0.3 is 19.5 Å². The molecule has 1 aromatic heterocycles. The first kappa shape index (κ1) is 21.5. The molecule has 7 nitrogen and oxygen atoms in total. The Balaban J connectivity index is 2.10. The molecule has 3 rings (SSSR count). The van der Waals surface area contributed by atoms with E-state index < -0.39 is 17.7 Å². The molecule has 30 heavy (non-hydrogen) atoms. The topological polar surface area (TPSA) is 89.0 Å². The minimum Gasteiger partial charge on any atom is -0.507 e. The average molecular weight is 410 g/mol. The second-order valence-electron chi connectivity index (χ2n) is 7.41. The Labute approximate surface area is 175 Å². The number of aryl methyl sites for hydroxylation is 1. The minimum atomic E-state index is -0.717. The van der Waals surface area contributed by atoms with Crippen LogP contribution in [0.4, 0.5) is 0 Å². The van der Waals surface area contributed by atoms with E-state index in [-0.39, 0.29) is 30.6 Å². The number of benzene rings is 1. The van der Waals surface area contributed by atoms with Crippen molar-refractivity contribution >= 4 is 17.4 Å². The molecule has 0 radical (unpaired) electrons. The molecule has 2 heterocycles. The van der Waals surface area contributed by atoms with E-state index in [2.05, 4.69) is 4.98 Å². The van der Waals surface area contributed by atoms with Gasteiger partial charge in [-0.05, 0) is 62.2 Å². The number of likely N-dealkylation sites (tertiary alicyclic amines) is 1. The summed E-state index contributed by atoms with van der Waals surface area (Å²) in [6, 6.07) is 7.94. The van der Waals surface area contributed by atoms with Crippen LogP contribution in [-0.2, 0) is 14.3 Å². The van der Waals surface area contributed by atoms with Gasteiger partial charge in [0.25, 0.3) is 11.7 Å². The molecule has 2 aromatic rings. The summed E-state index contributed by atoms with van der Waals surface area (Å²) in [5, 5.41) is 11.1. The van der Waals surface area contributed by atoms with Crippen LogP contribution in [0, 0.1) is 6.92 Å². The number of ether oxygens (including phenoxy) is 2. The highest BCUT2D eigenvalue weighted by Gasteiger charge is 2.45. The number of aromatic nitrogens is 1. The van der Waals surface area contributed by atoms with Crippen molar-refractivity contribution in [1.82, 2.24) is 9.88 Å². The summed E-state index contributed by atoms with van der Waals surface area (Å²) in [6.07, 6.45) is 3.20. The van der Waals surface area contributed by atoms with Gasteiger partial charge in [-0.2, -0.15) is 0 Å². The number of hydrogen-bond acceptors (Lipinski definition) is 6. The Morgan fingerprint density at radius 3 is 2.50 bits per heavy atom. The van der Waals surface area contributed by atoms with E-state index in [9.17, 15) is 14.7 Å². The lowest BCUT2D eigenvalue weighted by molar-refractivity contribution is -0.140. The highest BCUT2D eigenvalue weighted by atomic mass is 16.5. The maximum atomic E-state index is 12.9. The van der Waals surface area contributed by atoms with Crippen molar-refractivity contribution in [2.24, 2.45) is 0 Å². The van der Waals surface area contributed by atoms with Gasteiger partial charge in [0.2, 0.25) is 0 Å². The van der Waals surface area contributed by atoms with Gasteiger partial charge in [-0.3, -0.25) is 14.6 Å². The van der Waals surface area contributed by atoms with Crippen molar-refractivity contribution in [2.75, 3.05) is 20.3 Å². The summed E-state index contributed by atoms with van der Waals surface area (Å²) in [4.78, 5) is 31.0. The fourth-order valence-corrected chi connectivity index (χ4v) is 3.53. The lowest BCUT2D eigenvalue weighted by atomic mass is 9.95. The molecule has 0 spiro atoms. The fraction of sp³-hybridized carbons (Fsp3) is 0.348. The van der Waals surface area contributed by atoms with Crippen molar-refractivity contribution in [3.8, 4) is 5.75 Å². The minimum absolute atomic E-state index is 0.0148. The Bertz CT molecular complexity index is 969. The van der Waals surface area contributed by atoms with E-state index in [1.165, 1.54) is 12.0 Å². The van der Waals surface area contributed by atoms with Gasteiger partial charge in [-0.15, -0.1) is 0 Å². The maximum absolute atomic E-state index is 12.9. The molecule has 1 aliphatic heterocycles. The molecule has 1 amide bonds. The molecule has 7 heteroatoms. The molecule has 1 saturated heterocycles. The number of Topliss-reactive ketones (excluding diaryl/α,β-unsaturated/α-hetero) is 1. The summed E-state index contributed by atoms with van der Waals surface area (Å²) in [5.41, 5.74) is 2.02. The Kier molecular flexibility index (Phi) is 6.52. The molecular formula is C23H26N2O5. The van der Waals surface area contributed by atoms with Crippen molar-refractivity contribution in [3.05, 3.63) is 65.0 Å². The van der Waals surface area contributed by atoms with Crippen LogP contribution in [0.25, 0.3) is 5.76 Å². The zero-order valence-electron chi connectivity index (χ0n) is 17.6. The van der Waals surface area contributed by atoms with E-state index in [1.54, 1.807) is 42.7 Å². The molecule has 1 aliphatic rings. The molecule has 0 saturated carbocycles. The van der Waals surface area contributed by atoms with Crippen LogP contribution in [0.3, 0.4) is 0 Å². The fourth-order valence-electron chi connectivity index (χ4n) is 3.53. The van der Waals surface area contributed by atoms with E-state index >= 15 is 0 Å². The van der Waals surface area contributed by atoms with Crippen LogP contribution >= 0.6 is 0 Å². The van der Waals surface area contributed by atoms with Crippen molar-refractivity contribution in [3.63, 3.8) is 0 Å². The number of aliphatic hydroxyl groups excluding tert-OH is 1. The normalized spacial score (nSPS) is 18.3. The molecule has 1 aromatic carbocycles. The third-order valence-electron chi connectivity index (χ3n) is 4.91. The highest BCUT2D eigenvalue weighted by molar-refractivity contribution is 6.46. The zero-order valence-corrected chi connectivity index (χ0v) is 17.6. The predicted octanol–water partition coefficient (Wildman–Crippen LogP) is 3.25. The van der Waals surface area contributed by atoms with E-state index in [4.69, 9.17) is 9.47 Å². The van der Waals surface area contributed by atoms with Crippen molar-refractivity contribution in [2.45, 2.75) is 32.9 Å². The van der Waals surface area contributed by atoms with E-state index in [0.29, 0.717) is 16.9 Å². The monoisotopic (exact) mass is 410 g/mol.